The topological polar surface area (TPSA) is 49.8 Å². The summed E-state index contributed by atoms with van der Waals surface area (Å²) in [5.41, 5.74) is 5.01. The molecule has 2 nitrogen and oxygen atoms in total. The highest BCUT2D eigenvalue weighted by Crippen LogP contribution is 1.80. The molecule has 0 fully saturated rings. The zero-order chi connectivity index (χ0) is 6.24. The molecule has 0 rings (SSSR count). The van der Waals surface area contributed by atoms with Gasteiger partial charge in [-0.3, -0.25) is 0 Å². The lowest BCUT2D eigenvalue weighted by molar-refractivity contribution is 1.36. The molecular weight excluding hydrogens is 100 g/mol. The lowest BCUT2D eigenvalue weighted by atomic mass is 10.4. The van der Waals surface area contributed by atoms with Crippen LogP contribution in [0.15, 0.2) is 24.4 Å². The molecular formula is C6H8N2. The number of rotatable bonds is 2. The van der Waals surface area contributed by atoms with E-state index in [1.807, 2.05) is 6.07 Å². The maximum Gasteiger partial charge on any atom is 0.0908 e. The van der Waals surface area contributed by atoms with E-state index in [4.69, 9.17) is 11.0 Å². The van der Waals surface area contributed by atoms with E-state index in [1.54, 1.807) is 12.2 Å². The predicted octanol–water partition coefficient (Wildman–Crippen LogP) is 0.929. The highest BCUT2D eigenvalue weighted by atomic mass is 14.5. The average Bonchev–Trinajstić information content (AvgIpc) is 1.81. The standard InChI is InChI=1S/C6H8N2/c7-5-3-1-2-4-6-8/h1,3-4,6H,2,8H2. The summed E-state index contributed by atoms with van der Waals surface area (Å²) in [5.74, 6) is 0. The summed E-state index contributed by atoms with van der Waals surface area (Å²) in [5, 5.41) is 7.97. The van der Waals surface area contributed by atoms with Gasteiger partial charge in [0.1, 0.15) is 0 Å². The molecule has 0 unspecified atom stereocenters. The van der Waals surface area contributed by atoms with Crippen molar-refractivity contribution in [2.75, 3.05) is 0 Å². The Hall–Kier alpha value is -1.23. The van der Waals surface area contributed by atoms with Crippen LogP contribution in [0, 0.1) is 11.3 Å². The minimum atomic E-state index is 0.740. The van der Waals surface area contributed by atoms with Gasteiger partial charge in [0.25, 0.3) is 0 Å². The number of allylic oxidation sites excluding steroid dienone is 3. The van der Waals surface area contributed by atoms with Crippen LogP contribution in [0.2, 0.25) is 0 Å². The van der Waals surface area contributed by atoms with Crippen molar-refractivity contribution in [2.24, 2.45) is 5.73 Å². The minimum absolute atomic E-state index is 0.740. The van der Waals surface area contributed by atoms with Crippen molar-refractivity contribution in [1.82, 2.24) is 0 Å². The Kier molecular flexibility index (Phi) is 4.88. The Morgan fingerprint density at radius 3 is 2.75 bits per heavy atom. The number of nitriles is 1. The fraction of sp³-hybridized carbons (Fsp3) is 0.167. The van der Waals surface area contributed by atoms with Crippen molar-refractivity contribution in [3.63, 3.8) is 0 Å². The zero-order valence-corrected chi connectivity index (χ0v) is 4.54. The van der Waals surface area contributed by atoms with Crippen molar-refractivity contribution in [3.05, 3.63) is 24.4 Å². The molecule has 0 spiro atoms. The van der Waals surface area contributed by atoms with Crippen LogP contribution < -0.4 is 5.73 Å². The molecule has 42 valence electrons. The van der Waals surface area contributed by atoms with Crippen LogP contribution in [-0.2, 0) is 0 Å². The fourth-order valence-electron chi connectivity index (χ4n) is 0.278. The summed E-state index contributed by atoms with van der Waals surface area (Å²) in [6.45, 7) is 0. The third kappa shape index (κ3) is 4.77. The molecule has 0 saturated carbocycles. The van der Waals surface area contributed by atoms with Gasteiger partial charge in [0, 0.05) is 6.08 Å². The highest BCUT2D eigenvalue weighted by Gasteiger charge is 1.64. The van der Waals surface area contributed by atoms with Gasteiger partial charge in [0.15, 0.2) is 0 Å². The number of hydrogen-bond acceptors (Lipinski definition) is 2. The largest absolute Gasteiger partial charge is 0.405 e. The van der Waals surface area contributed by atoms with Gasteiger partial charge in [-0.15, -0.1) is 0 Å². The quantitative estimate of drug-likeness (QED) is 0.535. The molecule has 0 aliphatic carbocycles. The molecule has 0 bridgehead atoms. The molecule has 2 N–H and O–H groups in total. The zero-order valence-electron chi connectivity index (χ0n) is 4.54. The van der Waals surface area contributed by atoms with Crippen molar-refractivity contribution >= 4 is 0 Å². The molecule has 0 aromatic rings. The number of nitrogens with zero attached hydrogens (tertiary/aromatic N) is 1. The molecule has 8 heavy (non-hydrogen) atoms. The molecule has 0 heterocycles. The maximum absolute atomic E-state index is 7.97. The smallest absolute Gasteiger partial charge is 0.0908 e. The summed E-state index contributed by atoms with van der Waals surface area (Å²) in [6.07, 6.45) is 7.14. The maximum atomic E-state index is 7.97. The predicted molar refractivity (Wildman–Crippen MR) is 32.7 cm³/mol. The van der Waals surface area contributed by atoms with Crippen LogP contribution in [0.3, 0.4) is 0 Å². The second kappa shape index (κ2) is 5.77. The average molecular weight is 108 g/mol. The molecule has 0 aromatic carbocycles. The van der Waals surface area contributed by atoms with E-state index in [9.17, 15) is 0 Å². The van der Waals surface area contributed by atoms with Gasteiger partial charge in [0.05, 0.1) is 6.07 Å². The van der Waals surface area contributed by atoms with E-state index >= 15 is 0 Å². The third-order valence-corrected chi connectivity index (χ3v) is 0.601. The second-order valence-corrected chi connectivity index (χ2v) is 1.20. The van der Waals surface area contributed by atoms with Crippen LogP contribution >= 0.6 is 0 Å². The number of hydrogen-bond donors (Lipinski definition) is 1. The Morgan fingerprint density at radius 2 is 2.25 bits per heavy atom. The van der Waals surface area contributed by atoms with Crippen LogP contribution in [-0.4, -0.2) is 0 Å². The lowest BCUT2D eigenvalue weighted by Gasteiger charge is -1.72. The summed E-state index contributed by atoms with van der Waals surface area (Å²) in [7, 11) is 0. The van der Waals surface area contributed by atoms with Gasteiger partial charge in [0.2, 0.25) is 0 Å². The van der Waals surface area contributed by atoms with Gasteiger partial charge in [-0.05, 0) is 12.6 Å². The Balaban J connectivity index is 3.20. The SMILES string of the molecule is N#CC=CCC=CN. The van der Waals surface area contributed by atoms with Gasteiger partial charge in [-0.2, -0.15) is 5.26 Å². The molecule has 0 saturated heterocycles. The number of nitrogens with two attached hydrogens (primary N) is 1. The van der Waals surface area contributed by atoms with Gasteiger partial charge in [-0.1, -0.05) is 12.2 Å². The molecule has 2 heteroatoms. The first kappa shape index (κ1) is 6.77. The van der Waals surface area contributed by atoms with Gasteiger partial charge >= 0.3 is 0 Å². The van der Waals surface area contributed by atoms with E-state index in [0.29, 0.717) is 0 Å². The molecule has 0 amide bonds. The molecule has 0 aromatic heterocycles. The fourth-order valence-corrected chi connectivity index (χ4v) is 0.278. The van der Waals surface area contributed by atoms with Crippen molar-refractivity contribution in [2.45, 2.75) is 6.42 Å². The van der Waals surface area contributed by atoms with Gasteiger partial charge < -0.3 is 5.73 Å². The Labute approximate surface area is 48.9 Å². The molecule has 0 aliphatic heterocycles. The van der Waals surface area contributed by atoms with E-state index in [0.717, 1.165) is 6.42 Å². The summed E-state index contributed by atoms with van der Waals surface area (Å²) >= 11 is 0. The molecule has 0 radical (unpaired) electrons. The van der Waals surface area contributed by atoms with Crippen LogP contribution in [0.25, 0.3) is 0 Å². The van der Waals surface area contributed by atoms with Crippen molar-refractivity contribution in [1.29, 1.82) is 5.26 Å². The monoisotopic (exact) mass is 108 g/mol. The van der Waals surface area contributed by atoms with Crippen LogP contribution in [0.1, 0.15) is 6.42 Å². The first-order valence-corrected chi connectivity index (χ1v) is 2.33. The first-order valence-electron chi connectivity index (χ1n) is 2.33. The van der Waals surface area contributed by atoms with E-state index < -0.39 is 0 Å². The molecule has 0 atom stereocenters. The van der Waals surface area contributed by atoms with Crippen LogP contribution in [0.5, 0.6) is 0 Å². The summed E-state index contributed by atoms with van der Waals surface area (Å²) in [6, 6.07) is 1.87. The van der Waals surface area contributed by atoms with Crippen LogP contribution in [0.4, 0.5) is 0 Å². The van der Waals surface area contributed by atoms with E-state index in [1.165, 1.54) is 12.3 Å². The minimum Gasteiger partial charge on any atom is -0.405 e. The third-order valence-electron chi connectivity index (χ3n) is 0.601. The highest BCUT2D eigenvalue weighted by molar-refractivity contribution is 5.03. The Bertz CT molecular complexity index is 128. The van der Waals surface area contributed by atoms with Crippen molar-refractivity contribution < 1.29 is 0 Å². The Morgan fingerprint density at radius 1 is 1.50 bits per heavy atom. The summed E-state index contributed by atoms with van der Waals surface area (Å²) in [4.78, 5) is 0. The molecule has 0 aliphatic rings. The van der Waals surface area contributed by atoms with E-state index in [2.05, 4.69) is 0 Å². The van der Waals surface area contributed by atoms with Crippen molar-refractivity contribution in [3.8, 4) is 6.07 Å². The first-order chi connectivity index (χ1) is 3.91. The van der Waals surface area contributed by atoms with Gasteiger partial charge in [-0.25, -0.2) is 0 Å². The lowest BCUT2D eigenvalue weighted by Crippen LogP contribution is -1.73. The normalized spacial score (nSPS) is 10.4. The van der Waals surface area contributed by atoms with E-state index in [-0.39, 0.29) is 0 Å². The summed E-state index contributed by atoms with van der Waals surface area (Å²) < 4.78 is 0. The second-order valence-electron chi connectivity index (χ2n) is 1.20.